The predicted molar refractivity (Wildman–Crippen MR) is 87.9 cm³/mol. The van der Waals surface area contributed by atoms with E-state index in [1.54, 1.807) is 0 Å². The van der Waals surface area contributed by atoms with Crippen molar-refractivity contribution in [3.63, 3.8) is 0 Å². The van der Waals surface area contributed by atoms with Crippen LogP contribution in [0, 0.1) is 6.92 Å². The molecule has 2 rings (SSSR count). The lowest BCUT2D eigenvalue weighted by molar-refractivity contribution is -0.667. The van der Waals surface area contributed by atoms with Crippen molar-refractivity contribution in [1.82, 2.24) is 0 Å². The highest BCUT2D eigenvalue weighted by Gasteiger charge is 2.08. The lowest BCUT2D eigenvalue weighted by Gasteiger charge is -2.11. The molecule has 2 aromatic rings. The molecule has 0 radical (unpaired) electrons. The molecule has 0 saturated heterocycles. The van der Waals surface area contributed by atoms with Gasteiger partial charge in [0.2, 0.25) is 0 Å². The summed E-state index contributed by atoms with van der Waals surface area (Å²) >= 11 is 0. The van der Waals surface area contributed by atoms with E-state index < -0.39 is 0 Å². The molecule has 3 N–H and O–H groups in total. The van der Waals surface area contributed by atoms with Gasteiger partial charge in [0.25, 0.3) is 5.91 Å². The van der Waals surface area contributed by atoms with Crippen molar-refractivity contribution < 1.29 is 14.8 Å². The second-order valence-corrected chi connectivity index (χ2v) is 5.22. The normalized spacial score (nSPS) is 10.3. The van der Waals surface area contributed by atoms with Crippen LogP contribution in [-0.2, 0) is 11.3 Å². The van der Waals surface area contributed by atoms with Crippen LogP contribution in [0.2, 0.25) is 0 Å². The number of para-hydroxylation sites is 1. The summed E-state index contributed by atoms with van der Waals surface area (Å²) in [6.45, 7) is 5.98. The van der Waals surface area contributed by atoms with Gasteiger partial charge in [-0.15, -0.1) is 0 Å². The van der Waals surface area contributed by atoms with Crippen LogP contribution < -0.4 is 15.4 Å². The Labute approximate surface area is 131 Å². The summed E-state index contributed by atoms with van der Waals surface area (Å²) in [5, 5.41) is 5.03. The first-order valence-electron chi connectivity index (χ1n) is 7.58. The fraction of sp³-hybridized carbons (Fsp3) is 0.278. The van der Waals surface area contributed by atoms with Crippen molar-refractivity contribution in [3.8, 4) is 5.75 Å². The first-order chi connectivity index (χ1) is 10.7. The Hall–Kier alpha value is -2.33. The molecule has 22 heavy (non-hydrogen) atoms. The van der Waals surface area contributed by atoms with Gasteiger partial charge in [-0.2, -0.15) is 0 Å². The number of carbonyl (C=O) groups is 1. The number of amides is 1. The minimum atomic E-state index is -0.153. The van der Waals surface area contributed by atoms with E-state index in [4.69, 9.17) is 4.74 Å². The maximum absolute atomic E-state index is 12.0. The van der Waals surface area contributed by atoms with E-state index in [9.17, 15) is 4.79 Å². The van der Waals surface area contributed by atoms with E-state index in [-0.39, 0.29) is 12.5 Å². The van der Waals surface area contributed by atoms with Crippen molar-refractivity contribution in [2.45, 2.75) is 20.4 Å². The van der Waals surface area contributed by atoms with Crippen molar-refractivity contribution in [2.75, 3.05) is 18.5 Å². The van der Waals surface area contributed by atoms with E-state index in [0.717, 1.165) is 35.7 Å². The van der Waals surface area contributed by atoms with E-state index >= 15 is 0 Å². The van der Waals surface area contributed by atoms with E-state index in [2.05, 4.69) is 17.6 Å². The number of carbonyl (C=O) groups excluding carboxylic acids is 1. The van der Waals surface area contributed by atoms with Gasteiger partial charge in [-0.05, 0) is 43.7 Å². The molecular weight excluding hydrogens is 276 g/mol. The van der Waals surface area contributed by atoms with Crippen LogP contribution in [0.25, 0.3) is 0 Å². The molecule has 1 amide bonds. The van der Waals surface area contributed by atoms with Gasteiger partial charge >= 0.3 is 0 Å². The summed E-state index contributed by atoms with van der Waals surface area (Å²) in [6, 6.07) is 15.5. The third-order valence-electron chi connectivity index (χ3n) is 3.29. The predicted octanol–water partition coefficient (Wildman–Crippen LogP) is 2.10. The van der Waals surface area contributed by atoms with Crippen molar-refractivity contribution in [2.24, 2.45) is 0 Å². The molecule has 0 spiro atoms. The third kappa shape index (κ3) is 4.90. The van der Waals surface area contributed by atoms with E-state index in [0.29, 0.717) is 0 Å². The number of ether oxygens (including phenoxy) is 1. The molecular formula is C18H23N2O2+. The minimum absolute atomic E-state index is 0.0110. The smallest absolute Gasteiger partial charge is 0.262 e. The van der Waals surface area contributed by atoms with Gasteiger partial charge in [0.1, 0.15) is 12.3 Å². The summed E-state index contributed by atoms with van der Waals surface area (Å²) in [6.07, 6.45) is 0. The molecule has 0 aliphatic heterocycles. The summed E-state index contributed by atoms with van der Waals surface area (Å²) in [5.41, 5.74) is 3.01. The Bertz CT molecular complexity index is 626. The van der Waals surface area contributed by atoms with Crippen molar-refractivity contribution >= 4 is 11.6 Å². The second kappa shape index (κ2) is 8.20. The minimum Gasteiger partial charge on any atom is -0.483 e. The summed E-state index contributed by atoms with van der Waals surface area (Å²) in [7, 11) is 0. The van der Waals surface area contributed by atoms with Crippen LogP contribution >= 0.6 is 0 Å². The topological polar surface area (TPSA) is 54.9 Å². The van der Waals surface area contributed by atoms with Crippen LogP contribution in [0.15, 0.2) is 48.5 Å². The Morgan fingerprint density at radius 1 is 1.18 bits per heavy atom. The first kappa shape index (κ1) is 16.0. The van der Waals surface area contributed by atoms with E-state index in [1.807, 2.05) is 55.5 Å². The van der Waals surface area contributed by atoms with Crippen LogP contribution in [-0.4, -0.2) is 19.1 Å². The van der Waals surface area contributed by atoms with Crippen molar-refractivity contribution in [1.29, 1.82) is 0 Å². The maximum atomic E-state index is 12.0. The average Bonchev–Trinajstić information content (AvgIpc) is 2.51. The van der Waals surface area contributed by atoms with Gasteiger partial charge < -0.3 is 15.4 Å². The molecule has 2 aromatic carbocycles. The highest BCUT2D eigenvalue weighted by molar-refractivity contribution is 5.91. The van der Waals surface area contributed by atoms with E-state index in [1.165, 1.54) is 0 Å². The van der Waals surface area contributed by atoms with Gasteiger partial charge in [0.05, 0.1) is 6.54 Å². The zero-order valence-corrected chi connectivity index (χ0v) is 13.1. The van der Waals surface area contributed by atoms with Gasteiger partial charge in [-0.25, -0.2) is 0 Å². The SMILES string of the molecule is CC[NH2+]Cc1ccccc1OCC(=O)Nc1cccc(C)c1. The number of hydrogen-bond acceptors (Lipinski definition) is 2. The zero-order valence-electron chi connectivity index (χ0n) is 13.1. The molecule has 4 nitrogen and oxygen atoms in total. The quantitative estimate of drug-likeness (QED) is 0.822. The molecule has 4 heteroatoms. The molecule has 116 valence electrons. The lowest BCUT2D eigenvalue weighted by Crippen LogP contribution is -2.81. The van der Waals surface area contributed by atoms with Gasteiger partial charge in [0.15, 0.2) is 6.61 Å². The van der Waals surface area contributed by atoms with Crippen molar-refractivity contribution in [3.05, 3.63) is 59.7 Å². The fourth-order valence-electron chi connectivity index (χ4n) is 2.18. The Balaban J connectivity index is 1.91. The number of hydrogen-bond donors (Lipinski definition) is 2. The number of anilines is 1. The number of nitrogens with two attached hydrogens (primary N) is 1. The summed E-state index contributed by atoms with van der Waals surface area (Å²) in [4.78, 5) is 12.0. The summed E-state index contributed by atoms with van der Waals surface area (Å²) < 4.78 is 5.67. The Kier molecular flexibility index (Phi) is 5.98. The number of nitrogens with one attached hydrogen (secondary N) is 1. The van der Waals surface area contributed by atoms with Crippen LogP contribution in [0.1, 0.15) is 18.1 Å². The summed E-state index contributed by atoms with van der Waals surface area (Å²) in [5.74, 6) is 0.617. The molecule has 0 heterocycles. The Morgan fingerprint density at radius 3 is 2.77 bits per heavy atom. The maximum Gasteiger partial charge on any atom is 0.262 e. The van der Waals surface area contributed by atoms with Crippen LogP contribution in [0.3, 0.4) is 0 Å². The Morgan fingerprint density at radius 2 is 2.00 bits per heavy atom. The van der Waals surface area contributed by atoms with Gasteiger partial charge in [-0.1, -0.05) is 24.3 Å². The molecule has 0 aromatic heterocycles. The number of benzene rings is 2. The monoisotopic (exact) mass is 299 g/mol. The average molecular weight is 299 g/mol. The number of rotatable bonds is 7. The zero-order chi connectivity index (χ0) is 15.8. The molecule has 0 aliphatic rings. The highest BCUT2D eigenvalue weighted by Crippen LogP contribution is 2.17. The standard InChI is InChI=1S/C18H22N2O2/c1-3-19-12-15-8-4-5-10-17(15)22-13-18(21)20-16-9-6-7-14(2)11-16/h4-11,19H,3,12-13H2,1-2H3,(H,20,21)/p+1. The van der Waals surface area contributed by atoms with Crippen LogP contribution in [0.5, 0.6) is 5.75 Å². The van der Waals surface area contributed by atoms with Gasteiger partial charge in [0, 0.05) is 11.3 Å². The molecule has 0 atom stereocenters. The molecule has 0 saturated carbocycles. The number of aryl methyl sites for hydroxylation is 1. The molecule has 0 unspecified atom stereocenters. The molecule has 0 bridgehead atoms. The van der Waals surface area contributed by atoms with Gasteiger partial charge in [-0.3, -0.25) is 4.79 Å². The highest BCUT2D eigenvalue weighted by atomic mass is 16.5. The number of quaternary nitrogens is 1. The van der Waals surface area contributed by atoms with Crippen LogP contribution in [0.4, 0.5) is 5.69 Å². The molecule has 0 fully saturated rings. The largest absolute Gasteiger partial charge is 0.483 e. The second-order valence-electron chi connectivity index (χ2n) is 5.22. The lowest BCUT2D eigenvalue weighted by atomic mass is 10.2. The molecule has 0 aliphatic carbocycles. The third-order valence-corrected chi connectivity index (χ3v) is 3.29. The fourth-order valence-corrected chi connectivity index (χ4v) is 2.18. The first-order valence-corrected chi connectivity index (χ1v) is 7.58.